The molecule has 1 aromatic carbocycles. The summed E-state index contributed by atoms with van der Waals surface area (Å²) in [5.41, 5.74) is 0.425. The van der Waals surface area contributed by atoms with E-state index < -0.39 is 11.7 Å². The van der Waals surface area contributed by atoms with E-state index in [4.69, 9.17) is 27.9 Å². The Morgan fingerprint density at radius 3 is 2.71 bits per heavy atom. The van der Waals surface area contributed by atoms with Gasteiger partial charge in [-0.05, 0) is 44.5 Å². The van der Waals surface area contributed by atoms with Gasteiger partial charge in [-0.3, -0.25) is 0 Å². The molecule has 1 aromatic rings. The molecule has 4 nitrogen and oxygen atoms in total. The maximum absolute atomic E-state index is 11.9. The highest BCUT2D eigenvalue weighted by Gasteiger charge is 2.32. The Labute approximate surface area is 135 Å². The lowest BCUT2D eigenvalue weighted by Gasteiger charge is -2.25. The van der Waals surface area contributed by atoms with Crippen molar-refractivity contribution in [2.24, 2.45) is 0 Å². The van der Waals surface area contributed by atoms with Crippen molar-refractivity contribution in [3.05, 3.63) is 33.8 Å². The van der Waals surface area contributed by atoms with Crippen molar-refractivity contribution in [1.82, 2.24) is 10.6 Å². The van der Waals surface area contributed by atoms with Crippen molar-refractivity contribution in [2.75, 3.05) is 13.1 Å². The second-order valence-electron chi connectivity index (χ2n) is 6.18. The first kappa shape index (κ1) is 16.4. The van der Waals surface area contributed by atoms with E-state index in [1.165, 1.54) is 0 Å². The Bertz CT molecular complexity index is 529. The number of benzene rings is 1. The molecule has 21 heavy (non-hydrogen) atoms. The predicted octanol–water partition coefficient (Wildman–Crippen LogP) is 3.57. The van der Waals surface area contributed by atoms with E-state index in [0.717, 1.165) is 12.1 Å². The van der Waals surface area contributed by atoms with Crippen LogP contribution in [-0.2, 0) is 4.74 Å². The van der Waals surface area contributed by atoms with Crippen molar-refractivity contribution in [3.63, 3.8) is 0 Å². The fraction of sp³-hybridized carbons (Fsp3) is 0.533. The molecule has 0 bridgehead atoms. The molecule has 1 aliphatic heterocycles. The molecule has 1 amide bonds. The second-order valence-corrected chi connectivity index (χ2v) is 7.03. The molecule has 0 aliphatic carbocycles. The molecule has 0 unspecified atom stereocenters. The van der Waals surface area contributed by atoms with E-state index >= 15 is 0 Å². The van der Waals surface area contributed by atoms with Gasteiger partial charge in [0.1, 0.15) is 5.60 Å². The first-order valence-corrected chi connectivity index (χ1v) is 7.67. The lowest BCUT2D eigenvalue weighted by Crippen LogP contribution is -2.42. The van der Waals surface area contributed by atoms with E-state index in [0.29, 0.717) is 16.6 Å². The maximum atomic E-state index is 11.9. The van der Waals surface area contributed by atoms with Gasteiger partial charge in [0.2, 0.25) is 0 Å². The third-order valence-corrected chi connectivity index (χ3v) is 3.85. The monoisotopic (exact) mass is 330 g/mol. The molecule has 116 valence electrons. The zero-order valence-electron chi connectivity index (χ0n) is 12.4. The summed E-state index contributed by atoms with van der Waals surface area (Å²) in [6, 6.07) is 5.32. The van der Waals surface area contributed by atoms with Gasteiger partial charge in [0.15, 0.2) is 0 Å². The topological polar surface area (TPSA) is 50.4 Å². The number of ether oxygens (including phenoxy) is 1. The number of carbonyl (C=O) groups is 1. The summed E-state index contributed by atoms with van der Waals surface area (Å²) < 4.78 is 5.30. The summed E-state index contributed by atoms with van der Waals surface area (Å²) in [7, 11) is 0. The Morgan fingerprint density at radius 2 is 2.05 bits per heavy atom. The summed E-state index contributed by atoms with van der Waals surface area (Å²) in [6.45, 7) is 6.92. The number of halogens is 2. The first-order chi connectivity index (χ1) is 9.76. The number of carbonyl (C=O) groups excluding carboxylic acids is 1. The number of alkyl carbamates (subject to hydrolysis) is 1. The highest BCUT2D eigenvalue weighted by atomic mass is 35.5. The van der Waals surface area contributed by atoms with E-state index in [-0.39, 0.29) is 12.0 Å². The minimum Gasteiger partial charge on any atom is -0.444 e. The van der Waals surface area contributed by atoms with Crippen LogP contribution in [0.3, 0.4) is 0 Å². The fourth-order valence-electron chi connectivity index (χ4n) is 2.41. The standard InChI is InChI=1S/C15H20Cl2N2O2/c1-15(2,3)21-14(20)19-13-8-18-7-11(13)10-6-9(16)4-5-12(10)17/h4-6,11,13,18H,7-8H2,1-3H3,(H,19,20)/t11-,13+/m0/s1. The zero-order valence-corrected chi connectivity index (χ0v) is 13.9. The Morgan fingerprint density at radius 1 is 1.33 bits per heavy atom. The van der Waals surface area contributed by atoms with Crippen molar-refractivity contribution in [1.29, 1.82) is 0 Å². The normalized spacial score (nSPS) is 22.1. The van der Waals surface area contributed by atoms with Crippen molar-refractivity contribution >= 4 is 29.3 Å². The number of nitrogens with one attached hydrogen (secondary N) is 2. The zero-order chi connectivity index (χ0) is 15.6. The van der Waals surface area contributed by atoms with Crippen LogP contribution < -0.4 is 10.6 Å². The van der Waals surface area contributed by atoms with E-state index in [2.05, 4.69) is 10.6 Å². The quantitative estimate of drug-likeness (QED) is 0.871. The van der Waals surface area contributed by atoms with Gasteiger partial charge < -0.3 is 15.4 Å². The maximum Gasteiger partial charge on any atom is 0.407 e. The molecule has 2 N–H and O–H groups in total. The van der Waals surface area contributed by atoms with Crippen LogP contribution in [0, 0.1) is 0 Å². The van der Waals surface area contributed by atoms with E-state index in [9.17, 15) is 4.79 Å². The molecule has 1 heterocycles. The third-order valence-electron chi connectivity index (χ3n) is 3.27. The molecular formula is C15H20Cl2N2O2. The summed E-state index contributed by atoms with van der Waals surface area (Å²) in [6.07, 6.45) is -0.417. The van der Waals surface area contributed by atoms with Gasteiger partial charge in [0, 0.05) is 29.1 Å². The second kappa shape index (κ2) is 6.42. The molecule has 6 heteroatoms. The summed E-state index contributed by atoms with van der Waals surface area (Å²) in [5.74, 6) is 0.0729. The van der Waals surface area contributed by atoms with Gasteiger partial charge >= 0.3 is 6.09 Å². The predicted molar refractivity (Wildman–Crippen MR) is 85.2 cm³/mol. The van der Waals surface area contributed by atoms with Gasteiger partial charge in [-0.25, -0.2) is 4.79 Å². The SMILES string of the molecule is CC(C)(C)OC(=O)N[C@@H]1CNC[C@H]1c1cc(Cl)ccc1Cl. The first-order valence-electron chi connectivity index (χ1n) is 6.91. The molecular weight excluding hydrogens is 311 g/mol. The summed E-state index contributed by atoms with van der Waals surface area (Å²) >= 11 is 12.3. The molecule has 0 radical (unpaired) electrons. The molecule has 1 aliphatic rings. The largest absolute Gasteiger partial charge is 0.444 e. The van der Waals surface area contributed by atoms with Gasteiger partial charge in [0.05, 0.1) is 6.04 Å². The average Bonchev–Trinajstić information content (AvgIpc) is 2.77. The molecule has 0 aromatic heterocycles. The summed E-state index contributed by atoms with van der Waals surface area (Å²) in [4.78, 5) is 11.9. The van der Waals surface area contributed by atoms with Crippen molar-refractivity contribution in [2.45, 2.75) is 38.3 Å². The van der Waals surface area contributed by atoms with Gasteiger partial charge in [-0.1, -0.05) is 23.2 Å². The highest BCUT2D eigenvalue weighted by molar-refractivity contribution is 6.33. The van der Waals surface area contributed by atoms with Crippen molar-refractivity contribution < 1.29 is 9.53 Å². The van der Waals surface area contributed by atoms with Crippen LogP contribution in [0.5, 0.6) is 0 Å². The smallest absolute Gasteiger partial charge is 0.407 e. The van der Waals surface area contributed by atoms with Crippen LogP contribution in [0.2, 0.25) is 10.0 Å². The lowest BCUT2D eigenvalue weighted by atomic mass is 9.94. The number of rotatable bonds is 2. The number of hydrogen-bond acceptors (Lipinski definition) is 3. The van der Waals surface area contributed by atoms with E-state index in [1.54, 1.807) is 12.1 Å². The minimum absolute atomic E-state index is 0.0729. The van der Waals surface area contributed by atoms with Gasteiger partial charge in [0.25, 0.3) is 0 Å². The summed E-state index contributed by atoms with van der Waals surface area (Å²) in [5, 5.41) is 7.46. The van der Waals surface area contributed by atoms with Gasteiger partial charge in [-0.15, -0.1) is 0 Å². The molecule has 1 saturated heterocycles. The van der Waals surface area contributed by atoms with Crippen LogP contribution in [0.1, 0.15) is 32.3 Å². The molecule has 0 spiro atoms. The number of hydrogen-bond donors (Lipinski definition) is 2. The van der Waals surface area contributed by atoms with Gasteiger partial charge in [-0.2, -0.15) is 0 Å². The molecule has 1 fully saturated rings. The molecule has 2 atom stereocenters. The van der Waals surface area contributed by atoms with Crippen LogP contribution in [0.25, 0.3) is 0 Å². The Balaban J connectivity index is 2.10. The van der Waals surface area contributed by atoms with Crippen LogP contribution in [0.4, 0.5) is 4.79 Å². The van der Waals surface area contributed by atoms with Crippen LogP contribution in [0.15, 0.2) is 18.2 Å². The minimum atomic E-state index is -0.515. The third kappa shape index (κ3) is 4.50. The lowest BCUT2D eigenvalue weighted by molar-refractivity contribution is 0.0504. The molecule has 0 saturated carbocycles. The Hall–Kier alpha value is -0.970. The molecule has 2 rings (SSSR count). The fourth-order valence-corrected chi connectivity index (χ4v) is 2.85. The Kier molecular flexibility index (Phi) is 5.02. The van der Waals surface area contributed by atoms with Crippen LogP contribution >= 0.6 is 23.2 Å². The van der Waals surface area contributed by atoms with Crippen LogP contribution in [-0.4, -0.2) is 30.8 Å². The van der Waals surface area contributed by atoms with Crippen molar-refractivity contribution in [3.8, 4) is 0 Å². The average molecular weight is 331 g/mol. The number of amides is 1. The van der Waals surface area contributed by atoms with E-state index in [1.807, 2.05) is 26.8 Å². The highest BCUT2D eigenvalue weighted by Crippen LogP contribution is 2.31.